The van der Waals surface area contributed by atoms with Crippen molar-refractivity contribution in [2.75, 3.05) is 14.2 Å². The van der Waals surface area contributed by atoms with Crippen LogP contribution in [0, 0.1) is 22.0 Å². The van der Waals surface area contributed by atoms with Gasteiger partial charge in [-0.05, 0) is 25.8 Å². The van der Waals surface area contributed by atoms with E-state index in [9.17, 15) is 19.7 Å². The third kappa shape index (κ3) is 3.79. The van der Waals surface area contributed by atoms with E-state index in [4.69, 9.17) is 23.7 Å². The van der Waals surface area contributed by atoms with Crippen molar-refractivity contribution in [3.05, 3.63) is 39.9 Å². The molecular weight excluding hydrogens is 434 g/mol. The number of hydrogen-bond donors (Lipinski definition) is 0. The Balaban J connectivity index is 1.82. The van der Waals surface area contributed by atoms with E-state index in [1.807, 2.05) is 0 Å². The van der Waals surface area contributed by atoms with Crippen LogP contribution in [0.25, 0.3) is 0 Å². The van der Waals surface area contributed by atoms with Gasteiger partial charge in [0.05, 0.1) is 5.92 Å². The van der Waals surface area contributed by atoms with E-state index < -0.39 is 53.4 Å². The summed E-state index contributed by atoms with van der Waals surface area (Å²) in [5, 5.41) is 11.9. The molecule has 0 aromatic heterocycles. The van der Waals surface area contributed by atoms with Crippen LogP contribution >= 0.6 is 0 Å². The van der Waals surface area contributed by atoms with Gasteiger partial charge < -0.3 is 23.7 Å². The van der Waals surface area contributed by atoms with E-state index in [0.29, 0.717) is 30.6 Å². The largest absolute Gasteiger partial charge is 0.426 e. The monoisotopic (exact) mass is 463 g/mol. The molecule has 10 nitrogen and oxygen atoms in total. The highest BCUT2D eigenvalue weighted by molar-refractivity contribution is 5.84. The number of nitro groups is 1. The standard InChI is InChI=1S/C23H29NO9/c1-22(29-3)23(2,30-4)33-21(26)19(32-22)17-14-10-6-8-12-16(14)31-20(25)18(17)13-9-5-7-11-15(13)24(27)28/h6,8,10,12-13,15,17-19H,5,7,9,11H2,1-4H3/t13-,15-,17-,18+,19+,22-,23-/m1/s1. The minimum absolute atomic E-state index is 0.299. The van der Waals surface area contributed by atoms with Gasteiger partial charge in [0.25, 0.3) is 5.79 Å². The number of cyclic esters (lactones) is 1. The summed E-state index contributed by atoms with van der Waals surface area (Å²) in [4.78, 5) is 38.1. The first kappa shape index (κ1) is 23.6. The molecule has 1 saturated carbocycles. The van der Waals surface area contributed by atoms with Gasteiger partial charge in [0.1, 0.15) is 5.75 Å². The fraction of sp³-hybridized carbons (Fsp3) is 0.652. The summed E-state index contributed by atoms with van der Waals surface area (Å²) >= 11 is 0. The summed E-state index contributed by atoms with van der Waals surface area (Å²) in [7, 11) is 2.77. The summed E-state index contributed by atoms with van der Waals surface area (Å²) in [6.45, 7) is 3.10. The maximum atomic E-state index is 13.3. The van der Waals surface area contributed by atoms with Gasteiger partial charge in [-0.1, -0.05) is 24.6 Å². The van der Waals surface area contributed by atoms with Crippen molar-refractivity contribution >= 4 is 11.9 Å². The molecule has 1 aliphatic carbocycles. The predicted octanol–water partition coefficient (Wildman–Crippen LogP) is 2.81. The Labute approximate surface area is 191 Å². The maximum Gasteiger partial charge on any atom is 0.338 e. The van der Waals surface area contributed by atoms with Gasteiger partial charge in [0.15, 0.2) is 6.10 Å². The van der Waals surface area contributed by atoms with E-state index in [2.05, 4.69) is 0 Å². The van der Waals surface area contributed by atoms with Crippen LogP contribution in [0.5, 0.6) is 5.75 Å². The molecule has 1 saturated heterocycles. The number of benzene rings is 1. The molecule has 2 heterocycles. The number of nitrogens with zero attached hydrogens (tertiary/aromatic N) is 1. The minimum Gasteiger partial charge on any atom is -0.426 e. The molecule has 33 heavy (non-hydrogen) atoms. The molecule has 0 radical (unpaired) electrons. The number of para-hydroxylation sites is 1. The second-order valence-corrected chi connectivity index (χ2v) is 9.07. The van der Waals surface area contributed by atoms with Crippen LogP contribution in [0.3, 0.4) is 0 Å². The lowest BCUT2D eigenvalue weighted by molar-refractivity contribution is -0.537. The lowest BCUT2D eigenvalue weighted by Crippen LogP contribution is -2.66. The second kappa shape index (κ2) is 8.66. The molecule has 7 atom stereocenters. The number of carbonyl (C=O) groups is 2. The van der Waals surface area contributed by atoms with Gasteiger partial charge >= 0.3 is 11.9 Å². The van der Waals surface area contributed by atoms with E-state index in [1.165, 1.54) is 21.1 Å². The summed E-state index contributed by atoms with van der Waals surface area (Å²) in [5.74, 6) is -6.48. The van der Waals surface area contributed by atoms with E-state index in [-0.39, 0.29) is 4.92 Å². The zero-order chi connectivity index (χ0) is 24.0. The van der Waals surface area contributed by atoms with Gasteiger partial charge in [-0.3, -0.25) is 14.9 Å². The molecule has 0 bridgehead atoms. The number of carbonyl (C=O) groups excluding carboxylic acids is 2. The quantitative estimate of drug-likeness (QED) is 0.281. The van der Waals surface area contributed by atoms with E-state index in [1.54, 1.807) is 31.2 Å². The van der Waals surface area contributed by atoms with Crippen molar-refractivity contribution in [3.63, 3.8) is 0 Å². The number of hydrogen-bond acceptors (Lipinski definition) is 9. The predicted molar refractivity (Wildman–Crippen MR) is 113 cm³/mol. The summed E-state index contributed by atoms with van der Waals surface area (Å²) < 4.78 is 28.4. The molecule has 0 N–H and O–H groups in total. The Hall–Kier alpha value is -2.56. The fourth-order valence-electron chi connectivity index (χ4n) is 5.40. The summed E-state index contributed by atoms with van der Waals surface area (Å²) in [6.07, 6.45) is 1.04. The highest BCUT2D eigenvalue weighted by atomic mass is 16.8. The number of rotatable bonds is 5. The van der Waals surface area contributed by atoms with Crippen molar-refractivity contribution in [3.8, 4) is 5.75 Å². The first-order valence-corrected chi connectivity index (χ1v) is 11.1. The van der Waals surface area contributed by atoms with Gasteiger partial charge in [0.2, 0.25) is 11.8 Å². The lowest BCUT2D eigenvalue weighted by atomic mass is 9.67. The zero-order valence-electron chi connectivity index (χ0n) is 19.1. The number of esters is 2. The van der Waals surface area contributed by atoms with Crippen LogP contribution < -0.4 is 4.74 Å². The van der Waals surface area contributed by atoms with Crippen LogP contribution in [0.4, 0.5) is 0 Å². The summed E-state index contributed by atoms with van der Waals surface area (Å²) in [6, 6.07) is 5.93. The van der Waals surface area contributed by atoms with Crippen LogP contribution in [0.2, 0.25) is 0 Å². The Bertz CT molecular complexity index is 952. The summed E-state index contributed by atoms with van der Waals surface area (Å²) in [5.41, 5.74) is 0.566. The molecule has 4 rings (SSSR count). The molecule has 2 fully saturated rings. The van der Waals surface area contributed by atoms with Crippen molar-refractivity contribution in [2.45, 2.75) is 69.2 Å². The zero-order valence-corrected chi connectivity index (χ0v) is 19.1. The molecule has 1 aromatic carbocycles. The molecule has 0 amide bonds. The van der Waals surface area contributed by atoms with Gasteiger partial charge in [0, 0.05) is 49.9 Å². The van der Waals surface area contributed by atoms with Crippen molar-refractivity contribution in [2.24, 2.45) is 11.8 Å². The molecule has 10 heteroatoms. The third-order valence-electron chi connectivity index (χ3n) is 7.47. The highest BCUT2D eigenvalue weighted by Gasteiger charge is 2.62. The fourth-order valence-corrected chi connectivity index (χ4v) is 5.40. The molecule has 1 aromatic rings. The van der Waals surface area contributed by atoms with Crippen molar-refractivity contribution in [1.29, 1.82) is 0 Å². The first-order chi connectivity index (χ1) is 15.7. The van der Waals surface area contributed by atoms with Crippen LogP contribution in [0.15, 0.2) is 24.3 Å². The molecule has 180 valence electrons. The minimum atomic E-state index is -1.53. The molecular formula is C23H29NO9. The van der Waals surface area contributed by atoms with Gasteiger partial charge in [-0.15, -0.1) is 0 Å². The van der Waals surface area contributed by atoms with Crippen LogP contribution in [-0.4, -0.2) is 54.8 Å². The van der Waals surface area contributed by atoms with E-state index >= 15 is 0 Å². The Morgan fingerprint density at radius 3 is 2.33 bits per heavy atom. The average molecular weight is 463 g/mol. The first-order valence-electron chi connectivity index (χ1n) is 11.1. The number of ether oxygens (including phenoxy) is 5. The van der Waals surface area contributed by atoms with Crippen molar-refractivity contribution < 1.29 is 38.2 Å². The van der Waals surface area contributed by atoms with E-state index in [0.717, 1.165) is 6.42 Å². The van der Waals surface area contributed by atoms with Gasteiger partial charge in [-0.2, -0.15) is 0 Å². The smallest absolute Gasteiger partial charge is 0.338 e. The maximum absolute atomic E-state index is 13.3. The number of methoxy groups -OCH3 is 2. The topological polar surface area (TPSA) is 123 Å². The highest BCUT2D eigenvalue weighted by Crippen LogP contribution is 2.50. The Kier molecular flexibility index (Phi) is 6.19. The van der Waals surface area contributed by atoms with Gasteiger partial charge in [-0.25, -0.2) is 4.79 Å². The molecule has 0 spiro atoms. The Morgan fingerprint density at radius 2 is 1.67 bits per heavy atom. The second-order valence-electron chi connectivity index (χ2n) is 9.07. The molecule has 0 unspecified atom stereocenters. The van der Waals surface area contributed by atoms with Crippen LogP contribution in [-0.2, 0) is 28.5 Å². The van der Waals surface area contributed by atoms with Crippen molar-refractivity contribution in [1.82, 2.24) is 0 Å². The van der Waals surface area contributed by atoms with Crippen LogP contribution in [0.1, 0.15) is 51.0 Å². The molecule has 3 aliphatic rings. The lowest BCUT2D eigenvalue weighted by Gasteiger charge is -2.50. The molecule has 2 aliphatic heterocycles. The normalized spacial score (nSPS) is 38.7. The SMILES string of the molecule is CO[C@]1(C)OC(=O)[C@H]([C@@H]2c3ccccc3OC(=O)[C@H]2[C@@H]2CCCC[C@H]2[N+](=O)[O-])O[C@@]1(C)OC. The number of fused-ring (bicyclic) bond motifs is 1. The third-order valence-corrected chi connectivity index (χ3v) is 7.47. The Morgan fingerprint density at radius 1 is 1.00 bits per heavy atom. The average Bonchev–Trinajstić information content (AvgIpc) is 2.80.